The first-order valence-corrected chi connectivity index (χ1v) is 8.59. The van der Waals surface area contributed by atoms with Crippen molar-refractivity contribution < 1.29 is 9.21 Å². The Hall–Kier alpha value is -1.62. The number of nitrogen functional groups attached to an aromatic ring is 1. The summed E-state index contributed by atoms with van der Waals surface area (Å²) < 4.78 is 5.62. The first kappa shape index (κ1) is 14.3. The zero-order valence-corrected chi connectivity index (χ0v) is 12.9. The minimum atomic E-state index is -0.129. The summed E-state index contributed by atoms with van der Waals surface area (Å²) in [6.07, 6.45) is 6.76. The van der Waals surface area contributed by atoms with Crippen LogP contribution in [0.15, 0.2) is 28.7 Å². The van der Waals surface area contributed by atoms with E-state index in [1.54, 1.807) is 18.2 Å². The second kappa shape index (κ2) is 6.02. The molecule has 1 saturated carbocycles. The lowest BCUT2D eigenvalue weighted by molar-refractivity contribution is 0.0903. The summed E-state index contributed by atoms with van der Waals surface area (Å²) in [6.45, 7) is 0. The minimum absolute atomic E-state index is 0.129. The highest BCUT2D eigenvalue weighted by molar-refractivity contribution is 7.99. The zero-order chi connectivity index (χ0) is 14.8. The lowest BCUT2D eigenvalue weighted by atomic mass is 9.95. The van der Waals surface area contributed by atoms with Gasteiger partial charge < -0.3 is 15.5 Å². The summed E-state index contributed by atoms with van der Waals surface area (Å²) in [5.74, 6) is 0.233. The molecule has 2 aromatic rings. The van der Waals surface area contributed by atoms with Crippen LogP contribution in [0.4, 0.5) is 5.69 Å². The average molecular weight is 304 g/mol. The first-order chi connectivity index (χ1) is 10.2. The molecule has 5 heteroatoms. The summed E-state index contributed by atoms with van der Waals surface area (Å²) >= 11 is 1.84. The third-order valence-corrected chi connectivity index (χ3v) is 5.26. The number of hydrogen-bond acceptors (Lipinski definition) is 4. The van der Waals surface area contributed by atoms with Gasteiger partial charge in [-0.25, -0.2) is 0 Å². The van der Waals surface area contributed by atoms with E-state index in [4.69, 9.17) is 10.2 Å². The Bertz CT molecular complexity index is 653. The van der Waals surface area contributed by atoms with Crippen LogP contribution in [0.2, 0.25) is 0 Å². The third-order valence-electron chi connectivity index (χ3n) is 4.09. The molecule has 1 heterocycles. The molecule has 0 saturated heterocycles. The Kier molecular flexibility index (Phi) is 4.10. The van der Waals surface area contributed by atoms with Gasteiger partial charge in [0, 0.05) is 22.4 Å². The number of thioether (sulfide) groups is 1. The predicted octanol–water partition coefficient (Wildman–Crippen LogP) is 3.42. The van der Waals surface area contributed by atoms with Gasteiger partial charge in [-0.05, 0) is 43.4 Å². The van der Waals surface area contributed by atoms with Crippen molar-refractivity contribution in [3.8, 4) is 0 Å². The van der Waals surface area contributed by atoms with Crippen molar-refractivity contribution >= 4 is 34.3 Å². The van der Waals surface area contributed by atoms with E-state index in [2.05, 4.69) is 11.6 Å². The van der Waals surface area contributed by atoms with Crippen molar-refractivity contribution in [1.29, 1.82) is 0 Å². The minimum Gasteiger partial charge on any atom is -0.451 e. The van der Waals surface area contributed by atoms with Gasteiger partial charge in [0.25, 0.3) is 5.91 Å². The van der Waals surface area contributed by atoms with E-state index >= 15 is 0 Å². The Balaban J connectivity index is 1.77. The van der Waals surface area contributed by atoms with E-state index < -0.39 is 0 Å². The predicted molar refractivity (Wildman–Crippen MR) is 87.7 cm³/mol. The zero-order valence-electron chi connectivity index (χ0n) is 12.1. The van der Waals surface area contributed by atoms with Crippen LogP contribution in [0.25, 0.3) is 11.0 Å². The molecule has 112 valence electrons. The molecule has 1 amide bonds. The largest absolute Gasteiger partial charge is 0.451 e. The number of rotatable bonds is 3. The molecule has 2 atom stereocenters. The maximum absolute atomic E-state index is 12.4. The molecule has 0 radical (unpaired) electrons. The average Bonchev–Trinajstić information content (AvgIpc) is 2.91. The number of hydrogen-bond donors (Lipinski definition) is 2. The van der Waals surface area contributed by atoms with Gasteiger partial charge in [0.2, 0.25) is 0 Å². The van der Waals surface area contributed by atoms with Crippen LogP contribution in [0, 0.1) is 0 Å². The van der Waals surface area contributed by atoms with Crippen LogP contribution in [-0.4, -0.2) is 23.5 Å². The number of carbonyl (C=O) groups is 1. The van der Waals surface area contributed by atoms with Crippen molar-refractivity contribution in [1.82, 2.24) is 5.32 Å². The molecule has 0 aliphatic heterocycles. The van der Waals surface area contributed by atoms with Gasteiger partial charge in [0.15, 0.2) is 5.76 Å². The van der Waals surface area contributed by atoms with Crippen LogP contribution in [0.5, 0.6) is 0 Å². The van der Waals surface area contributed by atoms with E-state index in [1.807, 2.05) is 17.8 Å². The number of nitrogens with one attached hydrogen (secondary N) is 1. The molecular weight excluding hydrogens is 284 g/mol. The molecule has 1 aliphatic rings. The van der Waals surface area contributed by atoms with Crippen molar-refractivity contribution in [2.45, 2.75) is 37.0 Å². The molecule has 2 unspecified atom stereocenters. The van der Waals surface area contributed by atoms with Gasteiger partial charge in [0.1, 0.15) is 5.58 Å². The van der Waals surface area contributed by atoms with Crippen molar-refractivity contribution in [3.05, 3.63) is 30.0 Å². The highest BCUT2D eigenvalue weighted by Gasteiger charge is 2.27. The molecule has 1 aliphatic carbocycles. The van der Waals surface area contributed by atoms with E-state index in [-0.39, 0.29) is 11.9 Å². The summed E-state index contributed by atoms with van der Waals surface area (Å²) in [5, 5.41) is 4.50. The van der Waals surface area contributed by atoms with E-state index in [0.29, 0.717) is 22.3 Å². The lowest BCUT2D eigenvalue weighted by Gasteiger charge is -2.30. The van der Waals surface area contributed by atoms with Gasteiger partial charge in [-0.1, -0.05) is 12.8 Å². The summed E-state index contributed by atoms with van der Waals surface area (Å²) in [7, 11) is 0. The highest BCUT2D eigenvalue weighted by Crippen LogP contribution is 2.28. The monoisotopic (exact) mass is 304 g/mol. The Morgan fingerprint density at radius 2 is 2.14 bits per heavy atom. The molecule has 1 aromatic heterocycles. The van der Waals surface area contributed by atoms with Crippen molar-refractivity contribution in [2.75, 3.05) is 12.0 Å². The quantitative estimate of drug-likeness (QED) is 0.853. The number of furan rings is 1. The number of benzene rings is 1. The van der Waals surface area contributed by atoms with Gasteiger partial charge in [-0.15, -0.1) is 0 Å². The Labute approximate surface area is 128 Å². The van der Waals surface area contributed by atoms with Gasteiger partial charge in [-0.2, -0.15) is 11.8 Å². The molecule has 1 fully saturated rings. The fourth-order valence-electron chi connectivity index (χ4n) is 2.96. The standard InChI is InChI=1S/C16H20N2O2S/c1-21-15-5-3-2-4-12(15)18-16(19)14-9-10-8-11(17)6-7-13(10)20-14/h6-9,12,15H,2-5,17H2,1H3,(H,18,19). The number of anilines is 1. The van der Waals surface area contributed by atoms with Gasteiger partial charge in [0.05, 0.1) is 0 Å². The van der Waals surface area contributed by atoms with Crippen LogP contribution in [0.3, 0.4) is 0 Å². The van der Waals surface area contributed by atoms with Gasteiger partial charge in [-0.3, -0.25) is 4.79 Å². The summed E-state index contributed by atoms with van der Waals surface area (Å²) in [4.78, 5) is 12.4. The second-order valence-corrected chi connectivity index (χ2v) is 6.62. The third kappa shape index (κ3) is 3.02. The SMILES string of the molecule is CSC1CCCCC1NC(=O)c1cc2cc(N)ccc2o1. The topological polar surface area (TPSA) is 68.3 Å². The van der Waals surface area contributed by atoms with Gasteiger partial charge >= 0.3 is 0 Å². The number of amides is 1. The van der Waals surface area contributed by atoms with Crippen molar-refractivity contribution in [3.63, 3.8) is 0 Å². The van der Waals surface area contributed by atoms with Crippen molar-refractivity contribution in [2.24, 2.45) is 0 Å². The van der Waals surface area contributed by atoms with Crippen LogP contribution < -0.4 is 11.1 Å². The molecular formula is C16H20N2O2S. The molecule has 3 rings (SSSR count). The fraction of sp³-hybridized carbons (Fsp3) is 0.438. The normalized spacial score (nSPS) is 22.3. The molecule has 1 aromatic carbocycles. The highest BCUT2D eigenvalue weighted by atomic mass is 32.2. The molecule has 0 bridgehead atoms. The van der Waals surface area contributed by atoms with E-state index in [1.165, 1.54) is 19.3 Å². The smallest absolute Gasteiger partial charge is 0.287 e. The summed E-state index contributed by atoms with van der Waals surface area (Å²) in [5.41, 5.74) is 7.12. The van der Waals surface area contributed by atoms with E-state index in [9.17, 15) is 4.79 Å². The second-order valence-electron chi connectivity index (χ2n) is 5.55. The number of nitrogens with two attached hydrogens (primary N) is 1. The maximum atomic E-state index is 12.4. The molecule has 4 nitrogen and oxygen atoms in total. The van der Waals surface area contributed by atoms with Crippen LogP contribution in [0.1, 0.15) is 36.2 Å². The molecule has 21 heavy (non-hydrogen) atoms. The first-order valence-electron chi connectivity index (χ1n) is 7.30. The van der Waals surface area contributed by atoms with Crippen LogP contribution in [-0.2, 0) is 0 Å². The fourth-order valence-corrected chi connectivity index (χ4v) is 3.89. The Morgan fingerprint density at radius 3 is 2.95 bits per heavy atom. The number of carbonyl (C=O) groups excluding carboxylic acids is 1. The molecule has 0 spiro atoms. The van der Waals surface area contributed by atoms with E-state index in [0.717, 1.165) is 11.8 Å². The molecule has 3 N–H and O–H groups in total. The lowest BCUT2D eigenvalue weighted by Crippen LogP contribution is -2.43. The number of fused-ring (bicyclic) bond motifs is 1. The summed E-state index contributed by atoms with van der Waals surface area (Å²) in [6, 6.07) is 7.39. The van der Waals surface area contributed by atoms with Crippen LogP contribution >= 0.6 is 11.8 Å². The Morgan fingerprint density at radius 1 is 1.33 bits per heavy atom. The maximum Gasteiger partial charge on any atom is 0.287 e.